The van der Waals surface area contributed by atoms with Crippen LogP contribution in [0.5, 0.6) is 11.5 Å². The molecular weight excluding hydrogens is 390 g/mol. The molecule has 0 bridgehead atoms. The highest BCUT2D eigenvalue weighted by atomic mass is 19.3. The number of nitrogens with zero attached hydrogens (tertiary/aromatic N) is 1. The maximum absolute atomic E-state index is 13.1. The van der Waals surface area contributed by atoms with Gasteiger partial charge in [0.05, 0.1) is 6.61 Å². The lowest BCUT2D eigenvalue weighted by Gasteiger charge is -2.38. The van der Waals surface area contributed by atoms with Gasteiger partial charge < -0.3 is 19.4 Å². The first kappa shape index (κ1) is 18.9. The van der Waals surface area contributed by atoms with Gasteiger partial charge in [0.15, 0.2) is 0 Å². The Kier molecular flexibility index (Phi) is 4.24. The third-order valence-electron chi connectivity index (χ3n) is 6.09. The van der Waals surface area contributed by atoms with Gasteiger partial charge in [-0.25, -0.2) is 0 Å². The summed E-state index contributed by atoms with van der Waals surface area (Å²) in [6, 6.07) is 14.4. The van der Waals surface area contributed by atoms with Gasteiger partial charge in [0.2, 0.25) is 0 Å². The number of H-pyrrole nitrogens is 1. The Bertz CT molecular complexity index is 1110. The quantitative estimate of drug-likeness (QED) is 0.677. The highest BCUT2D eigenvalue weighted by molar-refractivity contribution is 5.98. The van der Waals surface area contributed by atoms with Crippen molar-refractivity contribution in [3.63, 3.8) is 0 Å². The van der Waals surface area contributed by atoms with E-state index in [-0.39, 0.29) is 17.1 Å². The molecule has 5 rings (SSSR count). The number of carbonyl (C=O) groups is 1. The van der Waals surface area contributed by atoms with Crippen molar-refractivity contribution in [1.82, 2.24) is 9.88 Å². The third kappa shape index (κ3) is 3.28. The zero-order chi connectivity index (χ0) is 20.9. The fourth-order valence-corrected chi connectivity index (χ4v) is 4.54. The number of para-hydroxylation sites is 1. The van der Waals surface area contributed by atoms with E-state index in [4.69, 9.17) is 4.74 Å². The second kappa shape index (κ2) is 6.72. The average Bonchev–Trinajstić information content (AvgIpc) is 3.29. The zero-order valence-electron chi connectivity index (χ0n) is 16.6. The molecule has 2 aliphatic heterocycles. The number of benzene rings is 2. The van der Waals surface area contributed by atoms with Crippen LogP contribution >= 0.6 is 0 Å². The summed E-state index contributed by atoms with van der Waals surface area (Å²) in [4.78, 5) is 18.0. The van der Waals surface area contributed by atoms with Gasteiger partial charge in [-0.3, -0.25) is 4.79 Å². The number of hydrogen-bond donors (Lipinski definition) is 1. The van der Waals surface area contributed by atoms with Crippen LogP contribution in [0.3, 0.4) is 0 Å². The molecule has 5 nitrogen and oxygen atoms in total. The van der Waals surface area contributed by atoms with Crippen molar-refractivity contribution in [2.45, 2.75) is 31.3 Å². The van der Waals surface area contributed by atoms with E-state index in [1.54, 1.807) is 12.1 Å². The molecule has 1 amide bonds. The van der Waals surface area contributed by atoms with Gasteiger partial charge in [0.25, 0.3) is 5.91 Å². The second-order valence-electron chi connectivity index (χ2n) is 8.20. The van der Waals surface area contributed by atoms with Crippen LogP contribution in [0.25, 0.3) is 10.9 Å². The van der Waals surface area contributed by atoms with Crippen molar-refractivity contribution in [1.29, 1.82) is 0 Å². The predicted octanol–water partition coefficient (Wildman–Crippen LogP) is 4.73. The lowest BCUT2D eigenvalue weighted by molar-refractivity contribution is -0.158. The van der Waals surface area contributed by atoms with Crippen LogP contribution in [-0.4, -0.2) is 41.6 Å². The van der Waals surface area contributed by atoms with Crippen molar-refractivity contribution in [2.75, 3.05) is 19.7 Å². The fraction of sp³-hybridized carbons (Fsp3) is 0.348. The molecule has 2 aliphatic rings. The molecule has 1 spiro atoms. The third-order valence-corrected chi connectivity index (χ3v) is 6.09. The summed E-state index contributed by atoms with van der Waals surface area (Å²) >= 11 is 0. The molecule has 1 aromatic heterocycles. The lowest BCUT2D eigenvalue weighted by Crippen LogP contribution is -2.46. The number of amides is 1. The van der Waals surface area contributed by atoms with E-state index < -0.39 is 6.11 Å². The van der Waals surface area contributed by atoms with Gasteiger partial charge in [-0.05, 0) is 43.2 Å². The molecular formula is C23H22F2N2O3. The monoisotopic (exact) mass is 412 g/mol. The van der Waals surface area contributed by atoms with Crippen molar-refractivity contribution in [3.8, 4) is 11.5 Å². The Morgan fingerprint density at radius 1 is 1.17 bits per heavy atom. The summed E-state index contributed by atoms with van der Waals surface area (Å²) in [6.07, 6.45) is -1.56. The number of carbonyl (C=O) groups excluding carboxylic acids is 1. The first-order valence-electron chi connectivity index (χ1n) is 10.0. The smallest absolute Gasteiger partial charge is 0.394 e. The summed E-state index contributed by atoms with van der Waals surface area (Å²) in [5.74, 6) is 0.924. The minimum atomic E-state index is -3.25. The first-order valence-corrected chi connectivity index (χ1v) is 10.0. The van der Waals surface area contributed by atoms with Crippen molar-refractivity contribution < 1.29 is 23.0 Å². The van der Waals surface area contributed by atoms with Gasteiger partial charge in [0, 0.05) is 41.9 Å². The van der Waals surface area contributed by atoms with E-state index >= 15 is 0 Å². The molecule has 156 valence electrons. The lowest BCUT2D eigenvalue weighted by atomic mass is 9.74. The number of fused-ring (bicyclic) bond motifs is 3. The number of nitrogens with one attached hydrogen (secondary N) is 1. The molecule has 7 heteroatoms. The van der Waals surface area contributed by atoms with E-state index in [0.717, 1.165) is 18.6 Å². The molecule has 1 fully saturated rings. The maximum atomic E-state index is 13.1. The number of rotatable bonds is 3. The van der Waals surface area contributed by atoms with Gasteiger partial charge in [-0.15, -0.1) is 0 Å². The van der Waals surface area contributed by atoms with E-state index in [1.807, 2.05) is 23.1 Å². The Morgan fingerprint density at radius 2 is 1.93 bits per heavy atom. The topological polar surface area (TPSA) is 54.6 Å². The van der Waals surface area contributed by atoms with Crippen LogP contribution in [0.2, 0.25) is 0 Å². The number of ether oxygens (including phenoxy) is 2. The summed E-state index contributed by atoms with van der Waals surface area (Å²) in [7, 11) is 0. The first-order chi connectivity index (χ1) is 14.3. The van der Waals surface area contributed by atoms with Gasteiger partial charge in [0.1, 0.15) is 17.2 Å². The summed E-state index contributed by atoms with van der Waals surface area (Å²) < 4.78 is 36.7. The van der Waals surface area contributed by atoms with Crippen LogP contribution in [0.4, 0.5) is 8.78 Å². The number of aromatic nitrogens is 1. The molecule has 0 unspecified atom stereocenters. The molecule has 0 saturated carbocycles. The number of halogens is 2. The van der Waals surface area contributed by atoms with E-state index in [1.165, 1.54) is 17.7 Å². The van der Waals surface area contributed by atoms with Gasteiger partial charge in [-0.2, -0.15) is 8.78 Å². The standard InChI is InChI=1S/C23H22F2N2O3/c1-22(24,25)30-16-6-7-18-15(12-16)13-19(26-18)21(28)27-10-8-23(9-11-27)14-29-20-5-3-2-4-17(20)23/h2-7,12-13,26H,8-11,14H2,1H3. The predicted molar refractivity (Wildman–Crippen MR) is 108 cm³/mol. The van der Waals surface area contributed by atoms with E-state index in [0.29, 0.717) is 43.2 Å². The molecule has 1 saturated heterocycles. The van der Waals surface area contributed by atoms with Crippen LogP contribution in [0, 0.1) is 0 Å². The molecule has 0 radical (unpaired) electrons. The molecule has 2 aromatic carbocycles. The fourth-order valence-electron chi connectivity index (χ4n) is 4.54. The van der Waals surface area contributed by atoms with Crippen LogP contribution < -0.4 is 9.47 Å². The maximum Gasteiger partial charge on any atom is 0.394 e. The summed E-state index contributed by atoms with van der Waals surface area (Å²) in [5.41, 5.74) is 2.37. The van der Waals surface area contributed by atoms with Gasteiger partial charge in [-0.1, -0.05) is 18.2 Å². The number of aromatic amines is 1. The minimum absolute atomic E-state index is 0.0224. The van der Waals surface area contributed by atoms with Crippen LogP contribution in [0.1, 0.15) is 35.8 Å². The van der Waals surface area contributed by atoms with E-state index in [9.17, 15) is 13.6 Å². The molecule has 1 N–H and O–H groups in total. The summed E-state index contributed by atoms with van der Waals surface area (Å²) in [5, 5.41) is 0.659. The van der Waals surface area contributed by atoms with Crippen molar-refractivity contribution in [3.05, 3.63) is 59.8 Å². The number of piperidine rings is 1. The van der Waals surface area contributed by atoms with Gasteiger partial charge >= 0.3 is 6.11 Å². The Morgan fingerprint density at radius 3 is 2.70 bits per heavy atom. The molecule has 30 heavy (non-hydrogen) atoms. The highest BCUT2D eigenvalue weighted by Crippen LogP contribution is 2.45. The van der Waals surface area contributed by atoms with Crippen molar-refractivity contribution >= 4 is 16.8 Å². The summed E-state index contributed by atoms with van der Waals surface area (Å²) in [6.45, 7) is 2.64. The van der Waals surface area contributed by atoms with E-state index in [2.05, 4.69) is 15.8 Å². The molecule has 3 heterocycles. The normalized spacial score (nSPS) is 17.8. The Hall–Kier alpha value is -3.09. The number of hydrogen-bond acceptors (Lipinski definition) is 3. The number of alkyl halides is 2. The Labute approximate surface area is 172 Å². The van der Waals surface area contributed by atoms with Crippen LogP contribution in [0.15, 0.2) is 48.5 Å². The van der Waals surface area contributed by atoms with Crippen molar-refractivity contribution in [2.24, 2.45) is 0 Å². The van der Waals surface area contributed by atoms with Crippen LogP contribution in [-0.2, 0) is 5.41 Å². The Balaban J connectivity index is 1.32. The zero-order valence-corrected chi connectivity index (χ0v) is 16.6. The largest absolute Gasteiger partial charge is 0.492 e. The molecule has 0 atom stereocenters. The highest BCUT2D eigenvalue weighted by Gasteiger charge is 2.43. The minimum Gasteiger partial charge on any atom is -0.492 e. The molecule has 3 aromatic rings. The molecule has 0 aliphatic carbocycles. The average molecular weight is 412 g/mol. The second-order valence-corrected chi connectivity index (χ2v) is 8.20. The SMILES string of the molecule is CC(F)(F)Oc1ccc2[nH]c(C(=O)N3CCC4(CC3)COc3ccccc34)cc2c1. The number of likely N-dealkylation sites (tertiary alicyclic amines) is 1.